The van der Waals surface area contributed by atoms with Gasteiger partial charge >= 0.3 is 0 Å². The van der Waals surface area contributed by atoms with Crippen LogP contribution in [0.25, 0.3) is 10.8 Å². The maximum atomic E-state index is 13.8. The van der Waals surface area contributed by atoms with Crippen LogP contribution in [0.15, 0.2) is 60.7 Å². The number of hydrogen-bond donors (Lipinski definition) is 1. The highest BCUT2D eigenvalue weighted by molar-refractivity contribution is 6.26. The number of nitrogens with one attached hydrogen (secondary N) is 1. The second-order valence-electron chi connectivity index (χ2n) is 9.64. The maximum Gasteiger partial charge on any atom is 0.259 e. The summed E-state index contributed by atoms with van der Waals surface area (Å²) in [5.41, 5.74) is 3.42. The second-order valence-corrected chi connectivity index (χ2v) is 9.64. The van der Waals surface area contributed by atoms with Crippen LogP contribution in [-0.2, 0) is 16.1 Å². The molecule has 182 valence electrons. The molecule has 3 aromatic rings. The average molecular weight is 472 g/mol. The van der Waals surface area contributed by atoms with Crippen LogP contribution < -0.4 is 10.2 Å². The predicted octanol–water partition coefficient (Wildman–Crippen LogP) is 4.69. The normalized spacial score (nSPS) is 13.4. The molecule has 0 aromatic heterocycles. The zero-order valence-electron chi connectivity index (χ0n) is 20.9. The lowest BCUT2D eigenvalue weighted by molar-refractivity contribution is -0.140. The van der Waals surface area contributed by atoms with Crippen molar-refractivity contribution in [2.75, 3.05) is 18.0 Å². The quantitative estimate of drug-likeness (QED) is 0.492. The number of rotatable bonds is 9. The summed E-state index contributed by atoms with van der Waals surface area (Å²) in [5.74, 6) is -0.299. The fraction of sp³-hybridized carbons (Fsp3) is 0.345. The summed E-state index contributed by atoms with van der Waals surface area (Å²) in [6.45, 7) is 8.72. The summed E-state index contributed by atoms with van der Waals surface area (Å²) in [6, 6.07) is 18.7. The van der Waals surface area contributed by atoms with Crippen molar-refractivity contribution in [1.82, 2.24) is 10.2 Å². The molecule has 1 heterocycles. The monoisotopic (exact) mass is 471 g/mol. The van der Waals surface area contributed by atoms with Crippen LogP contribution in [0.2, 0.25) is 0 Å². The van der Waals surface area contributed by atoms with Crippen LogP contribution >= 0.6 is 0 Å². The molecule has 0 bridgehead atoms. The van der Waals surface area contributed by atoms with E-state index in [1.807, 2.05) is 82.3 Å². The van der Waals surface area contributed by atoms with E-state index in [9.17, 15) is 14.4 Å². The Balaban J connectivity index is 1.63. The van der Waals surface area contributed by atoms with Gasteiger partial charge < -0.3 is 10.2 Å². The molecule has 0 saturated heterocycles. The molecular weight excluding hydrogens is 438 g/mol. The molecule has 1 aliphatic heterocycles. The lowest BCUT2D eigenvalue weighted by Crippen LogP contribution is -2.52. The topological polar surface area (TPSA) is 69.7 Å². The number of carbonyl (C=O) groups excluding carboxylic acids is 3. The second kappa shape index (κ2) is 10.3. The van der Waals surface area contributed by atoms with Crippen molar-refractivity contribution < 1.29 is 14.4 Å². The van der Waals surface area contributed by atoms with Crippen molar-refractivity contribution in [3.05, 3.63) is 77.4 Å². The average Bonchev–Trinajstić information content (AvgIpc) is 3.11. The van der Waals surface area contributed by atoms with Crippen LogP contribution in [0, 0.1) is 12.8 Å². The molecule has 0 unspecified atom stereocenters. The summed E-state index contributed by atoms with van der Waals surface area (Å²) >= 11 is 0. The molecule has 6 nitrogen and oxygen atoms in total. The molecule has 0 aliphatic carbocycles. The summed E-state index contributed by atoms with van der Waals surface area (Å²) < 4.78 is 0. The first kappa shape index (κ1) is 24.5. The SMILES string of the molecule is CC[C@H](C(=O)NCC(C)C)N(Cc1ccc(C)cc1)C(=O)CN1C(=O)c2cccc3cccc1c23. The van der Waals surface area contributed by atoms with E-state index in [-0.39, 0.29) is 24.3 Å². The Morgan fingerprint density at radius 2 is 1.69 bits per heavy atom. The number of hydrogen-bond acceptors (Lipinski definition) is 3. The number of carbonyl (C=O) groups is 3. The van der Waals surface area contributed by atoms with Crippen LogP contribution in [-0.4, -0.2) is 41.8 Å². The summed E-state index contributed by atoms with van der Waals surface area (Å²) in [4.78, 5) is 43.3. The van der Waals surface area contributed by atoms with Gasteiger partial charge in [-0.1, -0.05) is 74.9 Å². The van der Waals surface area contributed by atoms with Crippen molar-refractivity contribution in [2.24, 2.45) is 5.92 Å². The number of nitrogens with zero attached hydrogens (tertiary/aromatic N) is 2. The van der Waals surface area contributed by atoms with E-state index in [0.29, 0.717) is 31.0 Å². The fourth-order valence-corrected chi connectivity index (χ4v) is 4.59. The maximum absolute atomic E-state index is 13.8. The molecule has 4 rings (SSSR count). The van der Waals surface area contributed by atoms with Crippen LogP contribution in [0.3, 0.4) is 0 Å². The molecule has 6 heteroatoms. The molecule has 1 aliphatic rings. The van der Waals surface area contributed by atoms with Crippen LogP contribution in [0.5, 0.6) is 0 Å². The van der Waals surface area contributed by atoms with Crippen LogP contribution in [0.1, 0.15) is 48.7 Å². The van der Waals surface area contributed by atoms with Gasteiger partial charge in [0.2, 0.25) is 11.8 Å². The van der Waals surface area contributed by atoms with E-state index in [1.165, 1.54) is 0 Å². The largest absolute Gasteiger partial charge is 0.354 e. The Morgan fingerprint density at radius 3 is 2.34 bits per heavy atom. The molecule has 1 atom stereocenters. The van der Waals surface area contributed by atoms with Crippen LogP contribution in [0.4, 0.5) is 5.69 Å². The van der Waals surface area contributed by atoms with E-state index in [1.54, 1.807) is 15.9 Å². The molecule has 0 fully saturated rings. The van der Waals surface area contributed by atoms with Crippen molar-refractivity contribution in [2.45, 2.75) is 46.7 Å². The van der Waals surface area contributed by atoms with E-state index >= 15 is 0 Å². The Labute approximate surface area is 206 Å². The third-order valence-corrected chi connectivity index (χ3v) is 6.49. The molecule has 0 spiro atoms. The summed E-state index contributed by atoms with van der Waals surface area (Å²) in [5, 5.41) is 4.83. The van der Waals surface area contributed by atoms with Gasteiger partial charge in [-0.25, -0.2) is 0 Å². The highest BCUT2D eigenvalue weighted by Gasteiger charge is 2.35. The molecule has 3 amide bonds. The van der Waals surface area contributed by atoms with Crippen molar-refractivity contribution >= 4 is 34.2 Å². The Kier molecular flexibility index (Phi) is 7.20. The first-order valence-electron chi connectivity index (χ1n) is 12.3. The first-order valence-corrected chi connectivity index (χ1v) is 12.3. The zero-order valence-corrected chi connectivity index (χ0v) is 20.9. The highest BCUT2D eigenvalue weighted by Crippen LogP contribution is 2.37. The number of aryl methyl sites for hydroxylation is 1. The zero-order chi connectivity index (χ0) is 25.1. The van der Waals surface area contributed by atoms with Gasteiger partial charge in [0, 0.05) is 24.0 Å². The van der Waals surface area contributed by atoms with E-state index in [2.05, 4.69) is 5.32 Å². The highest BCUT2D eigenvalue weighted by atomic mass is 16.2. The van der Waals surface area contributed by atoms with E-state index in [4.69, 9.17) is 0 Å². The van der Waals surface area contributed by atoms with Gasteiger partial charge in [0.1, 0.15) is 12.6 Å². The minimum atomic E-state index is -0.626. The lowest BCUT2D eigenvalue weighted by atomic mass is 10.1. The molecule has 0 radical (unpaired) electrons. The molecule has 0 saturated carbocycles. The third-order valence-electron chi connectivity index (χ3n) is 6.49. The van der Waals surface area contributed by atoms with Gasteiger partial charge in [-0.3, -0.25) is 19.3 Å². The van der Waals surface area contributed by atoms with Crippen molar-refractivity contribution in [1.29, 1.82) is 0 Å². The smallest absolute Gasteiger partial charge is 0.259 e. The van der Waals surface area contributed by atoms with Gasteiger partial charge in [0.15, 0.2) is 0 Å². The van der Waals surface area contributed by atoms with E-state index < -0.39 is 6.04 Å². The molecular formula is C29H33N3O3. The van der Waals surface area contributed by atoms with Crippen molar-refractivity contribution in [3.63, 3.8) is 0 Å². The standard InChI is InChI=1S/C29H33N3O3/c1-5-24(28(34)30-16-19(2)3)31(17-21-14-12-20(4)13-15-21)26(33)18-32-25-11-7-9-22-8-6-10-23(27(22)25)29(32)35/h6-15,19,24H,5,16-18H2,1-4H3,(H,30,34)/t24-/m1/s1. The van der Waals surface area contributed by atoms with Gasteiger partial charge in [0.25, 0.3) is 5.91 Å². The van der Waals surface area contributed by atoms with Gasteiger partial charge in [-0.2, -0.15) is 0 Å². The van der Waals surface area contributed by atoms with Gasteiger partial charge in [-0.05, 0) is 42.3 Å². The predicted molar refractivity (Wildman–Crippen MR) is 139 cm³/mol. The number of benzene rings is 3. The van der Waals surface area contributed by atoms with Gasteiger partial charge in [0.05, 0.1) is 5.69 Å². The summed E-state index contributed by atoms with van der Waals surface area (Å²) in [7, 11) is 0. The van der Waals surface area contributed by atoms with E-state index in [0.717, 1.165) is 27.6 Å². The lowest BCUT2D eigenvalue weighted by Gasteiger charge is -2.32. The molecule has 35 heavy (non-hydrogen) atoms. The third kappa shape index (κ3) is 5.06. The minimum Gasteiger partial charge on any atom is -0.354 e. The first-order chi connectivity index (χ1) is 16.8. The Morgan fingerprint density at radius 1 is 1.00 bits per heavy atom. The summed E-state index contributed by atoms with van der Waals surface area (Å²) in [6.07, 6.45) is 0.477. The number of amides is 3. The fourth-order valence-electron chi connectivity index (χ4n) is 4.59. The number of anilines is 1. The Bertz CT molecular complexity index is 1240. The molecule has 1 N–H and O–H groups in total. The molecule has 3 aromatic carbocycles. The van der Waals surface area contributed by atoms with Crippen molar-refractivity contribution in [3.8, 4) is 0 Å². The van der Waals surface area contributed by atoms with Gasteiger partial charge in [-0.15, -0.1) is 0 Å². The Hall–Kier alpha value is -3.67. The minimum absolute atomic E-state index is 0.119.